The number of unbranched alkanes of at least 4 members (excludes halogenated alkanes) is 11. The number of aliphatic hydroxyl groups is 4. The molecule has 0 bridgehead atoms. The Bertz CT molecular complexity index is 1310. The van der Waals surface area contributed by atoms with Crippen LogP contribution >= 0.6 is 7.82 Å². The van der Waals surface area contributed by atoms with E-state index in [9.17, 15) is 39.5 Å². The zero-order valence-electron chi connectivity index (χ0n) is 35.6. The highest BCUT2D eigenvalue weighted by Crippen LogP contribution is 2.43. The van der Waals surface area contributed by atoms with E-state index in [1.165, 1.54) is 56.8 Å². The average Bonchev–Trinajstić information content (AvgIpc) is 3.20. The van der Waals surface area contributed by atoms with Gasteiger partial charge >= 0.3 is 19.8 Å². The zero-order chi connectivity index (χ0) is 43.8. The molecule has 0 aliphatic heterocycles. The lowest BCUT2D eigenvalue weighted by molar-refractivity contribution is -0.161. The standard InChI is InChI=1S/C45H76NO12P/c1-3-4-5-6-7-8-9-10-11-12-13-14-15-16-25-30-44(51)55-37-43(38-57-59(53,54)56-36-35-46)58-45(52)34-33-42(50)32-31-41(49)29-24-20-19-23-28-40(48)27-22-18-17-21-26-39(2)47/h10-11,18-24,26,28-29,31-32,39-43,47-50H,3-9,12-17,25,27,30,33-38,46H2,1-2H3,(H,53,54)/b11-10-,20-19+,22-18+,26-21-,28-23-,29-24+,32-31+. The molecular weight excluding hydrogens is 777 g/mol. The molecule has 0 amide bonds. The Balaban J connectivity index is 4.61. The highest BCUT2D eigenvalue weighted by atomic mass is 31.2. The third kappa shape index (κ3) is 40.2. The average molecular weight is 854 g/mol. The van der Waals surface area contributed by atoms with Gasteiger partial charge in [-0.3, -0.25) is 18.6 Å². The molecule has 59 heavy (non-hydrogen) atoms. The van der Waals surface area contributed by atoms with Crippen molar-refractivity contribution in [2.45, 2.75) is 160 Å². The minimum absolute atomic E-state index is 0.0175. The molecule has 0 saturated heterocycles. The molecule has 0 aromatic heterocycles. The van der Waals surface area contributed by atoms with E-state index in [1.807, 2.05) is 18.2 Å². The molecule has 13 nitrogen and oxygen atoms in total. The molecule has 0 heterocycles. The van der Waals surface area contributed by atoms with E-state index in [1.54, 1.807) is 43.4 Å². The van der Waals surface area contributed by atoms with Crippen molar-refractivity contribution in [2.24, 2.45) is 5.73 Å². The van der Waals surface area contributed by atoms with Gasteiger partial charge in [0.15, 0.2) is 6.10 Å². The van der Waals surface area contributed by atoms with Crippen molar-refractivity contribution >= 4 is 19.8 Å². The minimum atomic E-state index is -4.50. The fourth-order valence-corrected chi connectivity index (χ4v) is 6.04. The first-order valence-corrected chi connectivity index (χ1v) is 22.9. The lowest BCUT2D eigenvalue weighted by Crippen LogP contribution is -2.30. The van der Waals surface area contributed by atoms with Crippen molar-refractivity contribution in [3.63, 3.8) is 0 Å². The Hall–Kier alpha value is -2.97. The highest BCUT2D eigenvalue weighted by molar-refractivity contribution is 7.47. The van der Waals surface area contributed by atoms with Crippen LogP contribution in [-0.2, 0) is 32.7 Å². The van der Waals surface area contributed by atoms with Crippen LogP contribution in [0, 0.1) is 0 Å². The fourth-order valence-electron chi connectivity index (χ4n) is 5.27. The van der Waals surface area contributed by atoms with Crippen LogP contribution < -0.4 is 5.73 Å². The van der Waals surface area contributed by atoms with E-state index in [4.69, 9.17) is 24.3 Å². The van der Waals surface area contributed by atoms with E-state index in [0.29, 0.717) is 19.3 Å². The van der Waals surface area contributed by atoms with Gasteiger partial charge in [-0.15, -0.1) is 0 Å². The molecule has 7 N–H and O–H groups in total. The predicted molar refractivity (Wildman–Crippen MR) is 234 cm³/mol. The van der Waals surface area contributed by atoms with Crippen LogP contribution in [0.25, 0.3) is 0 Å². The number of phosphoric ester groups is 1. The Labute approximate surface area is 354 Å². The quantitative estimate of drug-likeness (QED) is 0.0115. The third-order valence-corrected chi connectivity index (χ3v) is 9.53. The first kappa shape index (κ1) is 56.0. The number of ether oxygens (including phenoxy) is 2. The number of esters is 2. The fraction of sp³-hybridized carbons (Fsp3) is 0.644. The van der Waals surface area contributed by atoms with Crippen molar-refractivity contribution in [1.82, 2.24) is 0 Å². The van der Waals surface area contributed by atoms with Crippen LogP contribution in [0.2, 0.25) is 0 Å². The van der Waals surface area contributed by atoms with Crippen molar-refractivity contribution in [3.05, 3.63) is 85.1 Å². The van der Waals surface area contributed by atoms with E-state index >= 15 is 0 Å². The summed E-state index contributed by atoms with van der Waals surface area (Å²) in [4.78, 5) is 34.9. The number of nitrogens with two attached hydrogens (primary N) is 1. The summed E-state index contributed by atoms with van der Waals surface area (Å²) in [7, 11) is -4.50. The largest absolute Gasteiger partial charge is 0.472 e. The molecule has 0 aliphatic rings. The Morgan fingerprint density at radius 1 is 0.661 bits per heavy atom. The predicted octanol–water partition coefficient (Wildman–Crippen LogP) is 7.93. The van der Waals surface area contributed by atoms with Gasteiger partial charge in [0.25, 0.3) is 0 Å². The van der Waals surface area contributed by atoms with Gasteiger partial charge in [0.05, 0.1) is 37.6 Å². The molecule has 14 heteroatoms. The normalized spacial score (nSPS) is 16.3. The van der Waals surface area contributed by atoms with Crippen molar-refractivity contribution < 1.29 is 58.0 Å². The van der Waals surface area contributed by atoms with Crippen LogP contribution in [0.3, 0.4) is 0 Å². The Morgan fingerprint density at radius 3 is 1.97 bits per heavy atom. The van der Waals surface area contributed by atoms with E-state index < -0.39 is 63.5 Å². The molecule has 0 fully saturated rings. The molecule has 0 rings (SSSR count). The summed E-state index contributed by atoms with van der Waals surface area (Å²) in [6.07, 6.45) is 35.6. The molecular formula is C45H76NO12P. The number of hydrogen-bond donors (Lipinski definition) is 6. The molecule has 6 atom stereocenters. The van der Waals surface area contributed by atoms with Crippen LogP contribution in [0.1, 0.15) is 129 Å². The maximum Gasteiger partial charge on any atom is 0.472 e. The second-order valence-electron chi connectivity index (χ2n) is 14.3. The van der Waals surface area contributed by atoms with Gasteiger partial charge in [-0.05, 0) is 58.3 Å². The Kier molecular flexibility index (Phi) is 37.2. The number of phosphoric acid groups is 1. The monoisotopic (exact) mass is 854 g/mol. The SMILES string of the molecule is CCCCCCCC/C=C\CCCCCCCC(=O)OCC(COP(=O)(O)OCCN)OC(=O)CCC(O)/C=C/C(O)/C=C/C=C/C=C\C(O)C/C=C/C/C=C\C(C)O. The van der Waals surface area contributed by atoms with E-state index in [0.717, 1.165) is 38.5 Å². The second kappa shape index (κ2) is 39.2. The van der Waals surface area contributed by atoms with E-state index in [2.05, 4.69) is 19.1 Å². The first-order chi connectivity index (χ1) is 28.4. The molecule has 0 aromatic carbocycles. The van der Waals surface area contributed by atoms with Crippen molar-refractivity contribution in [1.29, 1.82) is 0 Å². The van der Waals surface area contributed by atoms with Gasteiger partial charge in [0.1, 0.15) is 6.61 Å². The van der Waals surface area contributed by atoms with Crippen LogP contribution in [0.15, 0.2) is 85.1 Å². The number of carbonyl (C=O) groups is 2. The molecule has 0 radical (unpaired) electrons. The highest BCUT2D eigenvalue weighted by Gasteiger charge is 2.26. The molecule has 6 unspecified atom stereocenters. The van der Waals surface area contributed by atoms with Gasteiger partial charge in [-0.1, -0.05) is 143 Å². The topological polar surface area (TPSA) is 215 Å². The summed E-state index contributed by atoms with van der Waals surface area (Å²) in [5.41, 5.74) is 5.32. The van der Waals surface area contributed by atoms with Crippen molar-refractivity contribution in [3.8, 4) is 0 Å². The number of carbonyl (C=O) groups excluding carboxylic acids is 2. The lowest BCUT2D eigenvalue weighted by Gasteiger charge is -2.20. The summed E-state index contributed by atoms with van der Waals surface area (Å²) in [6.45, 7) is 2.67. The first-order valence-electron chi connectivity index (χ1n) is 21.4. The summed E-state index contributed by atoms with van der Waals surface area (Å²) in [5, 5.41) is 39.6. The van der Waals surface area contributed by atoms with Gasteiger partial charge in [-0.2, -0.15) is 0 Å². The smallest absolute Gasteiger partial charge is 0.462 e. The van der Waals surface area contributed by atoms with Gasteiger partial charge in [-0.25, -0.2) is 4.57 Å². The number of allylic oxidation sites excluding steroid dienone is 8. The van der Waals surface area contributed by atoms with Gasteiger partial charge in [0, 0.05) is 19.4 Å². The Morgan fingerprint density at radius 2 is 1.31 bits per heavy atom. The third-order valence-electron chi connectivity index (χ3n) is 8.55. The van der Waals surface area contributed by atoms with E-state index in [-0.39, 0.29) is 32.4 Å². The van der Waals surface area contributed by atoms with Gasteiger partial charge in [0.2, 0.25) is 0 Å². The van der Waals surface area contributed by atoms with Crippen molar-refractivity contribution in [2.75, 3.05) is 26.4 Å². The minimum Gasteiger partial charge on any atom is -0.462 e. The number of aliphatic hydroxyl groups excluding tert-OH is 4. The summed E-state index contributed by atoms with van der Waals surface area (Å²) in [6, 6.07) is 0. The molecule has 0 aromatic rings. The number of rotatable bonds is 38. The molecule has 0 spiro atoms. The van der Waals surface area contributed by atoms with Crippen LogP contribution in [-0.4, -0.2) is 94.1 Å². The second-order valence-corrected chi connectivity index (χ2v) is 15.8. The van der Waals surface area contributed by atoms with Crippen LogP contribution in [0.4, 0.5) is 0 Å². The van der Waals surface area contributed by atoms with Crippen LogP contribution in [0.5, 0.6) is 0 Å². The summed E-state index contributed by atoms with van der Waals surface area (Å²) < 4.78 is 32.4. The maximum atomic E-state index is 12.6. The molecule has 338 valence electrons. The maximum absolute atomic E-state index is 12.6. The molecule has 0 aliphatic carbocycles. The zero-order valence-corrected chi connectivity index (χ0v) is 36.5. The number of hydrogen-bond acceptors (Lipinski definition) is 12. The molecule has 0 saturated carbocycles. The van der Waals surface area contributed by atoms with Gasteiger partial charge < -0.3 is 40.5 Å². The lowest BCUT2D eigenvalue weighted by atomic mass is 10.1. The summed E-state index contributed by atoms with van der Waals surface area (Å²) >= 11 is 0. The summed E-state index contributed by atoms with van der Waals surface area (Å²) in [5.74, 6) is -1.26.